The third-order valence-corrected chi connectivity index (χ3v) is 9.15. The van der Waals surface area contributed by atoms with Gasteiger partial charge in [-0.15, -0.1) is 0 Å². The molecular formula is C41H77NO7. The number of carboxylic acid groups (broad SMARTS) is 1. The first-order valence-corrected chi connectivity index (χ1v) is 20.2. The maximum atomic E-state index is 12.6. The molecule has 0 aliphatic carbocycles. The van der Waals surface area contributed by atoms with Crippen LogP contribution in [0.1, 0.15) is 181 Å². The van der Waals surface area contributed by atoms with E-state index in [1.54, 1.807) is 21.1 Å². The van der Waals surface area contributed by atoms with Crippen molar-refractivity contribution in [1.29, 1.82) is 0 Å². The van der Waals surface area contributed by atoms with Crippen molar-refractivity contribution in [1.82, 2.24) is 0 Å². The van der Waals surface area contributed by atoms with Crippen LogP contribution in [-0.4, -0.2) is 75.5 Å². The summed E-state index contributed by atoms with van der Waals surface area (Å²) in [4.78, 5) is 36.7. The van der Waals surface area contributed by atoms with Crippen LogP contribution in [0.3, 0.4) is 0 Å². The minimum atomic E-state index is -1.12. The van der Waals surface area contributed by atoms with E-state index in [1.165, 1.54) is 96.3 Å². The fraction of sp³-hybridized carbons (Fsp3) is 0.878. The third kappa shape index (κ3) is 31.8. The first kappa shape index (κ1) is 47.1. The zero-order valence-electron chi connectivity index (χ0n) is 32.6. The molecule has 0 bridgehead atoms. The Labute approximate surface area is 301 Å². The summed E-state index contributed by atoms with van der Waals surface area (Å²) in [7, 11) is 5.40. The minimum absolute atomic E-state index is 0.0423. The Morgan fingerprint density at radius 2 is 1.02 bits per heavy atom. The molecule has 0 fully saturated rings. The molecular weight excluding hydrogens is 618 g/mol. The molecule has 0 aliphatic rings. The van der Waals surface area contributed by atoms with Gasteiger partial charge in [-0.1, -0.05) is 135 Å². The highest BCUT2D eigenvalue weighted by molar-refractivity contribution is 5.70. The Bertz CT molecular complexity index is 823. The predicted octanol–water partition coefficient (Wildman–Crippen LogP) is 9.02. The molecule has 2 unspecified atom stereocenters. The summed E-state index contributed by atoms with van der Waals surface area (Å²) in [5, 5.41) is 11.6. The third-order valence-electron chi connectivity index (χ3n) is 9.15. The van der Waals surface area contributed by atoms with Gasteiger partial charge in [-0.25, -0.2) is 0 Å². The van der Waals surface area contributed by atoms with Gasteiger partial charge in [0, 0.05) is 19.3 Å². The van der Waals surface area contributed by atoms with E-state index in [0.717, 1.165) is 51.4 Å². The molecule has 0 N–H and O–H groups in total. The van der Waals surface area contributed by atoms with E-state index < -0.39 is 18.1 Å². The van der Waals surface area contributed by atoms with Gasteiger partial charge >= 0.3 is 11.9 Å². The van der Waals surface area contributed by atoms with Crippen LogP contribution < -0.4 is 5.11 Å². The van der Waals surface area contributed by atoms with Crippen molar-refractivity contribution in [3.05, 3.63) is 12.2 Å². The van der Waals surface area contributed by atoms with Crippen LogP contribution in [0, 0.1) is 0 Å². The highest BCUT2D eigenvalue weighted by Gasteiger charge is 2.25. The van der Waals surface area contributed by atoms with E-state index in [-0.39, 0.29) is 42.7 Å². The SMILES string of the molecule is CCCCCC/C=C\CCCCCCCC(=O)OC(COCCC(C(=O)[O-])[N+](C)(C)C)COC(=O)CCCCCCCCCCCCCC. The number of aliphatic carboxylic acids is 1. The van der Waals surface area contributed by atoms with Gasteiger partial charge in [-0.2, -0.15) is 0 Å². The van der Waals surface area contributed by atoms with Gasteiger partial charge in [-0.05, 0) is 38.5 Å². The molecule has 0 aromatic rings. The Balaban J connectivity index is 4.40. The molecule has 0 saturated carbocycles. The van der Waals surface area contributed by atoms with E-state index in [0.29, 0.717) is 12.8 Å². The van der Waals surface area contributed by atoms with Crippen molar-refractivity contribution < 1.29 is 38.2 Å². The average molecular weight is 696 g/mol. The van der Waals surface area contributed by atoms with Crippen molar-refractivity contribution in [2.75, 3.05) is 41.0 Å². The topological polar surface area (TPSA) is 102 Å². The molecule has 8 nitrogen and oxygen atoms in total. The lowest BCUT2D eigenvalue weighted by Gasteiger charge is -2.34. The van der Waals surface area contributed by atoms with Crippen molar-refractivity contribution in [3.63, 3.8) is 0 Å². The Morgan fingerprint density at radius 3 is 1.49 bits per heavy atom. The fourth-order valence-corrected chi connectivity index (χ4v) is 5.95. The van der Waals surface area contributed by atoms with E-state index in [1.807, 2.05) is 0 Å². The van der Waals surface area contributed by atoms with Crippen molar-refractivity contribution in [3.8, 4) is 0 Å². The second-order valence-corrected chi connectivity index (χ2v) is 14.9. The zero-order chi connectivity index (χ0) is 36.4. The largest absolute Gasteiger partial charge is 0.544 e. The molecule has 0 heterocycles. The minimum Gasteiger partial charge on any atom is -0.544 e. The molecule has 0 rings (SSSR count). The number of ether oxygens (including phenoxy) is 3. The monoisotopic (exact) mass is 696 g/mol. The number of carbonyl (C=O) groups is 3. The number of hydrogen-bond donors (Lipinski definition) is 0. The smallest absolute Gasteiger partial charge is 0.306 e. The first-order chi connectivity index (χ1) is 23.6. The second kappa shape index (κ2) is 33.2. The van der Waals surface area contributed by atoms with Crippen LogP contribution >= 0.6 is 0 Å². The van der Waals surface area contributed by atoms with Gasteiger partial charge in [-0.3, -0.25) is 9.59 Å². The number of rotatable bonds is 36. The lowest BCUT2D eigenvalue weighted by Crippen LogP contribution is -2.55. The normalized spacial score (nSPS) is 13.1. The van der Waals surface area contributed by atoms with Gasteiger partial charge in [0.15, 0.2) is 6.10 Å². The number of esters is 2. The van der Waals surface area contributed by atoms with Gasteiger partial charge in [0.1, 0.15) is 12.6 Å². The summed E-state index contributed by atoms with van der Waals surface area (Å²) in [6.07, 6.45) is 32.2. The molecule has 0 aliphatic heterocycles. The summed E-state index contributed by atoms with van der Waals surface area (Å²) in [6.45, 7) is 4.64. The van der Waals surface area contributed by atoms with E-state index in [4.69, 9.17) is 14.2 Å². The van der Waals surface area contributed by atoms with Crippen LogP contribution in [0.5, 0.6) is 0 Å². The molecule has 0 aromatic carbocycles. The first-order valence-electron chi connectivity index (χ1n) is 20.2. The Morgan fingerprint density at radius 1 is 0.592 bits per heavy atom. The van der Waals surface area contributed by atoms with Crippen LogP contribution in [0.2, 0.25) is 0 Å². The van der Waals surface area contributed by atoms with Crippen LogP contribution in [0.4, 0.5) is 0 Å². The van der Waals surface area contributed by atoms with Crippen molar-refractivity contribution in [2.45, 2.75) is 193 Å². The number of quaternary nitrogens is 1. The van der Waals surface area contributed by atoms with Crippen molar-refractivity contribution >= 4 is 17.9 Å². The highest BCUT2D eigenvalue weighted by Crippen LogP contribution is 2.14. The predicted molar refractivity (Wildman–Crippen MR) is 199 cm³/mol. The number of carbonyl (C=O) groups excluding carboxylic acids is 3. The molecule has 288 valence electrons. The van der Waals surface area contributed by atoms with Crippen LogP contribution in [0.15, 0.2) is 12.2 Å². The lowest BCUT2D eigenvalue weighted by atomic mass is 10.0. The average Bonchev–Trinajstić information content (AvgIpc) is 3.05. The van der Waals surface area contributed by atoms with Gasteiger partial charge in [0.05, 0.1) is 40.3 Å². The number of allylic oxidation sites excluding steroid dienone is 2. The molecule has 0 amide bonds. The summed E-state index contributed by atoms with van der Waals surface area (Å²) >= 11 is 0. The van der Waals surface area contributed by atoms with Gasteiger partial charge < -0.3 is 28.6 Å². The Hall–Kier alpha value is -1.93. The lowest BCUT2D eigenvalue weighted by molar-refractivity contribution is -0.889. The highest BCUT2D eigenvalue weighted by atomic mass is 16.6. The van der Waals surface area contributed by atoms with E-state index in [9.17, 15) is 19.5 Å². The molecule has 0 aromatic heterocycles. The summed E-state index contributed by atoms with van der Waals surface area (Å²) in [5.41, 5.74) is 0. The van der Waals surface area contributed by atoms with E-state index >= 15 is 0 Å². The molecule has 2 atom stereocenters. The summed E-state index contributed by atoms with van der Waals surface area (Å²) < 4.78 is 17.1. The van der Waals surface area contributed by atoms with Crippen LogP contribution in [0.25, 0.3) is 0 Å². The quantitative estimate of drug-likeness (QED) is 0.0279. The number of unbranched alkanes of at least 4 members (excludes halogenated alkanes) is 20. The van der Waals surface area contributed by atoms with Crippen LogP contribution in [-0.2, 0) is 28.6 Å². The number of hydrogen-bond acceptors (Lipinski definition) is 7. The number of likely N-dealkylation sites (N-methyl/N-ethyl adjacent to an activating group) is 1. The maximum absolute atomic E-state index is 12.6. The molecule has 0 spiro atoms. The molecule has 0 saturated heterocycles. The Kier molecular flexibility index (Phi) is 31.9. The van der Waals surface area contributed by atoms with E-state index in [2.05, 4.69) is 26.0 Å². The molecule has 0 radical (unpaired) electrons. The second-order valence-electron chi connectivity index (χ2n) is 14.9. The summed E-state index contributed by atoms with van der Waals surface area (Å²) in [6, 6.07) is -0.721. The zero-order valence-corrected chi connectivity index (χ0v) is 32.6. The molecule has 49 heavy (non-hydrogen) atoms. The fourth-order valence-electron chi connectivity index (χ4n) is 5.95. The van der Waals surface area contributed by atoms with Gasteiger partial charge in [0.25, 0.3) is 0 Å². The standard InChI is InChI=1S/C41H77NO7/c1-6-8-10-12-14-16-18-20-22-24-26-28-30-32-40(44)49-37(35-47-34-33-38(41(45)46)42(3,4)5)36-48-39(43)31-29-27-25-23-21-19-17-15-13-11-9-7-2/h16,18,37-38H,6-15,17,19-36H2,1-5H3/b18-16-. The summed E-state index contributed by atoms with van der Waals surface area (Å²) in [5.74, 6) is -1.74. The maximum Gasteiger partial charge on any atom is 0.306 e. The number of nitrogens with zero attached hydrogens (tertiary/aromatic N) is 1. The molecule has 8 heteroatoms. The van der Waals surface area contributed by atoms with Crippen molar-refractivity contribution in [2.24, 2.45) is 0 Å². The van der Waals surface area contributed by atoms with Gasteiger partial charge in [0.2, 0.25) is 0 Å². The number of carboxylic acids is 1.